The highest BCUT2D eigenvalue weighted by atomic mass is 127. The standard InChI is InChI=1S/C13H10ClIN2O/c14-12-6-10(15)2-1-8(12)5-9-7-17-4-3-11(9)13(16)18/h1-4,6-7H,5H2,(H2,16,18). The minimum Gasteiger partial charge on any atom is -0.366 e. The first-order chi connectivity index (χ1) is 8.58. The maximum absolute atomic E-state index is 11.3. The van der Waals surface area contributed by atoms with Gasteiger partial charge in [0.2, 0.25) is 5.91 Å². The minimum absolute atomic E-state index is 0.450. The predicted molar refractivity (Wildman–Crippen MR) is 79.7 cm³/mol. The average Bonchev–Trinajstić information content (AvgIpc) is 2.33. The highest BCUT2D eigenvalue weighted by molar-refractivity contribution is 14.1. The van der Waals surface area contributed by atoms with Gasteiger partial charge in [0.15, 0.2) is 0 Å². The first-order valence-corrected chi connectivity index (χ1v) is 6.70. The van der Waals surface area contributed by atoms with Crippen LogP contribution in [0.5, 0.6) is 0 Å². The molecule has 0 fully saturated rings. The van der Waals surface area contributed by atoms with Crippen molar-refractivity contribution < 1.29 is 4.79 Å². The van der Waals surface area contributed by atoms with Crippen molar-refractivity contribution in [1.29, 1.82) is 0 Å². The van der Waals surface area contributed by atoms with Gasteiger partial charge in [-0.2, -0.15) is 0 Å². The Balaban J connectivity index is 2.37. The quantitative estimate of drug-likeness (QED) is 0.842. The van der Waals surface area contributed by atoms with Gasteiger partial charge < -0.3 is 5.73 Å². The van der Waals surface area contributed by atoms with Crippen molar-refractivity contribution in [1.82, 2.24) is 4.98 Å². The molecule has 0 bridgehead atoms. The fourth-order valence-electron chi connectivity index (χ4n) is 1.68. The van der Waals surface area contributed by atoms with Gasteiger partial charge in [0.1, 0.15) is 0 Å². The third-order valence-electron chi connectivity index (χ3n) is 2.57. The van der Waals surface area contributed by atoms with Crippen LogP contribution in [0.1, 0.15) is 21.5 Å². The van der Waals surface area contributed by atoms with Gasteiger partial charge >= 0.3 is 0 Å². The molecule has 1 heterocycles. The maximum Gasteiger partial charge on any atom is 0.249 e. The first kappa shape index (κ1) is 13.3. The van der Waals surface area contributed by atoms with E-state index in [1.54, 1.807) is 18.5 Å². The van der Waals surface area contributed by atoms with Gasteiger partial charge in [0.05, 0.1) is 0 Å². The number of halogens is 2. The second kappa shape index (κ2) is 5.67. The molecule has 2 N–H and O–H groups in total. The summed E-state index contributed by atoms with van der Waals surface area (Å²) in [7, 11) is 0. The van der Waals surface area contributed by atoms with Gasteiger partial charge in [-0.15, -0.1) is 0 Å². The van der Waals surface area contributed by atoms with Crippen molar-refractivity contribution in [2.24, 2.45) is 5.73 Å². The van der Waals surface area contributed by atoms with Crippen LogP contribution in [0.15, 0.2) is 36.7 Å². The first-order valence-electron chi connectivity index (χ1n) is 5.24. The molecule has 92 valence electrons. The minimum atomic E-state index is -0.450. The summed E-state index contributed by atoms with van der Waals surface area (Å²) in [5.74, 6) is -0.450. The number of amides is 1. The molecular formula is C13H10ClIN2O. The van der Waals surface area contributed by atoms with Crippen molar-refractivity contribution in [2.45, 2.75) is 6.42 Å². The second-order valence-corrected chi connectivity index (χ2v) is 5.46. The van der Waals surface area contributed by atoms with Crippen LogP contribution in [-0.4, -0.2) is 10.9 Å². The lowest BCUT2D eigenvalue weighted by molar-refractivity contribution is 0.0999. The van der Waals surface area contributed by atoms with Gasteiger partial charge in [-0.25, -0.2) is 0 Å². The van der Waals surface area contributed by atoms with Gasteiger partial charge in [0, 0.05) is 33.0 Å². The summed E-state index contributed by atoms with van der Waals surface area (Å²) in [5, 5.41) is 0.682. The van der Waals surface area contributed by atoms with Gasteiger partial charge in [-0.05, 0) is 51.9 Å². The number of pyridine rings is 1. The Bertz CT molecular complexity index is 601. The van der Waals surface area contributed by atoms with E-state index in [1.807, 2.05) is 18.2 Å². The summed E-state index contributed by atoms with van der Waals surface area (Å²) in [6, 6.07) is 7.43. The fourth-order valence-corrected chi connectivity index (χ4v) is 2.60. The average molecular weight is 373 g/mol. The van der Waals surface area contributed by atoms with Crippen LogP contribution in [0.3, 0.4) is 0 Å². The Morgan fingerprint density at radius 3 is 2.78 bits per heavy atom. The molecule has 1 aromatic heterocycles. The summed E-state index contributed by atoms with van der Waals surface area (Å²) in [4.78, 5) is 15.3. The van der Waals surface area contributed by atoms with Crippen LogP contribution in [-0.2, 0) is 6.42 Å². The lowest BCUT2D eigenvalue weighted by Crippen LogP contribution is -2.14. The van der Waals surface area contributed by atoms with Crippen molar-refractivity contribution in [3.05, 3.63) is 61.9 Å². The molecule has 0 aliphatic rings. The summed E-state index contributed by atoms with van der Waals surface area (Å²) in [6.07, 6.45) is 3.75. The lowest BCUT2D eigenvalue weighted by Gasteiger charge is -2.08. The van der Waals surface area contributed by atoms with Gasteiger partial charge in [-0.1, -0.05) is 17.7 Å². The number of nitrogens with two attached hydrogens (primary N) is 1. The molecule has 1 aromatic carbocycles. The van der Waals surface area contributed by atoms with Crippen LogP contribution in [0.25, 0.3) is 0 Å². The molecule has 0 aliphatic heterocycles. The lowest BCUT2D eigenvalue weighted by atomic mass is 10.0. The number of hydrogen-bond donors (Lipinski definition) is 1. The molecule has 0 unspecified atom stereocenters. The molecule has 2 rings (SSSR count). The summed E-state index contributed by atoms with van der Waals surface area (Å²) in [5.41, 5.74) is 7.55. The Morgan fingerprint density at radius 1 is 1.33 bits per heavy atom. The predicted octanol–water partition coefficient (Wildman–Crippen LogP) is 3.03. The van der Waals surface area contributed by atoms with E-state index >= 15 is 0 Å². The number of rotatable bonds is 3. The fraction of sp³-hybridized carbons (Fsp3) is 0.0769. The Hall–Kier alpha value is -1.14. The monoisotopic (exact) mass is 372 g/mol. The van der Waals surface area contributed by atoms with Gasteiger partial charge in [-0.3, -0.25) is 9.78 Å². The maximum atomic E-state index is 11.3. The number of carbonyl (C=O) groups is 1. The number of carbonyl (C=O) groups excluding carboxylic acids is 1. The number of nitrogens with zero attached hydrogens (tertiary/aromatic N) is 1. The largest absolute Gasteiger partial charge is 0.366 e. The number of benzene rings is 1. The van der Waals surface area contributed by atoms with E-state index in [4.69, 9.17) is 17.3 Å². The van der Waals surface area contributed by atoms with Crippen LogP contribution in [0, 0.1) is 3.57 Å². The van der Waals surface area contributed by atoms with Crippen molar-refractivity contribution in [3.8, 4) is 0 Å². The van der Waals surface area contributed by atoms with Gasteiger partial charge in [0.25, 0.3) is 0 Å². The zero-order valence-corrected chi connectivity index (χ0v) is 12.3. The van der Waals surface area contributed by atoms with E-state index in [1.165, 1.54) is 0 Å². The highest BCUT2D eigenvalue weighted by Gasteiger charge is 2.10. The Morgan fingerprint density at radius 2 is 2.11 bits per heavy atom. The van der Waals surface area contributed by atoms with Crippen LogP contribution < -0.4 is 5.73 Å². The molecule has 0 aliphatic carbocycles. The van der Waals surface area contributed by atoms with E-state index in [0.717, 1.165) is 14.7 Å². The van der Waals surface area contributed by atoms with Crippen LogP contribution >= 0.6 is 34.2 Å². The van der Waals surface area contributed by atoms with E-state index in [0.29, 0.717) is 17.0 Å². The SMILES string of the molecule is NC(=O)c1ccncc1Cc1ccc(I)cc1Cl. The molecular weight excluding hydrogens is 363 g/mol. The smallest absolute Gasteiger partial charge is 0.249 e. The van der Waals surface area contributed by atoms with Crippen LogP contribution in [0.4, 0.5) is 0 Å². The zero-order chi connectivity index (χ0) is 13.1. The van der Waals surface area contributed by atoms with Crippen LogP contribution in [0.2, 0.25) is 5.02 Å². The Labute approximate surface area is 124 Å². The molecule has 18 heavy (non-hydrogen) atoms. The van der Waals surface area contributed by atoms with E-state index in [-0.39, 0.29) is 0 Å². The number of primary amides is 1. The van der Waals surface area contributed by atoms with E-state index in [2.05, 4.69) is 27.6 Å². The molecule has 0 atom stereocenters. The van der Waals surface area contributed by atoms with E-state index < -0.39 is 5.91 Å². The normalized spacial score (nSPS) is 10.3. The number of aromatic nitrogens is 1. The topological polar surface area (TPSA) is 56.0 Å². The Kier molecular flexibility index (Phi) is 4.19. The van der Waals surface area contributed by atoms with Crippen molar-refractivity contribution in [3.63, 3.8) is 0 Å². The third kappa shape index (κ3) is 3.00. The number of hydrogen-bond acceptors (Lipinski definition) is 2. The summed E-state index contributed by atoms with van der Waals surface area (Å²) in [6.45, 7) is 0. The molecule has 3 nitrogen and oxygen atoms in total. The summed E-state index contributed by atoms with van der Waals surface area (Å²) >= 11 is 8.37. The highest BCUT2D eigenvalue weighted by Crippen LogP contribution is 2.22. The zero-order valence-electron chi connectivity index (χ0n) is 9.36. The van der Waals surface area contributed by atoms with Crippen molar-refractivity contribution >= 4 is 40.1 Å². The molecule has 0 saturated heterocycles. The molecule has 0 spiro atoms. The van der Waals surface area contributed by atoms with E-state index in [9.17, 15) is 4.79 Å². The molecule has 2 aromatic rings. The molecule has 5 heteroatoms. The molecule has 1 amide bonds. The van der Waals surface area contributed by atoms with Crippen molar-refractivity contribution in [2.75, 3.05) is 0 Å². The molecule has 0 saturated carbocycles. The second-order valence-electron chi connectivity index (χ2n) is 3.81. The molecule has 0 radical (unpaired) electrons. The third-order valence-corrected chi connectivity index (χ3v) is 3.59. The summed E-state index contributed by atoms with van der Waals surface area (Å²) < 4.78 is 1.07.